The van der Waals surface area contributed by atoms with Gasteiger partial charge in [-0.05, 0) is 45.7 Å². The van der Waals surface area contributed by atoms with Gasteiger partial charge in [-0.1, -0.05) is 43.7 Å². The quantitative estimate of drug-likeness (QED) is 0.670. The summed E-state index contributed by atoms with van der Waals surface area (Å²) in [5, 5.41) is 3.04. The number of hydrogen-bond donors (Lipinski definition) is 1. The van der Waals surface area contributed by atoms with Crippen LogP contribution in [-0.4, -0.2) is 26.4 Å². The predicted octanol–water partition coefficient (Wildman–Crippen LogP) is 5.17. The van der Waals surface area contributed by atoms with Crippen LogP contribution in [0.5, 0.6) is 0 Å². The highest BCUT2D eigenvalue weighted by Crippen LogP contribution is 2.29. The number of benzene rings is 1. The van der Waals surface area contributed by atoms with E-state index in [0.29, 0.717) is 11.3 Å². The molecule has 0 aliphatic carbocycles. The van der Waals surface area contributed by atoms with E-state index in [4.69, 9.17) is 4.98 Å². The number of aryl methyl sites for hydroxylation is 1. The molecule has 3 aromatic rings. The summed E-state index contributed by atoms with van der Waals surface area (Å²) >= 11 is 0. The molecular weight excluding hydrogens is 360 g/mol. The molecule has 0 bridgehead atoms. The van der Waals surface area contributed by atoms with Crippen molar-refractivity contribution in [2.75, 3.05) is 0 Å². The number of carbonyl (C=O) groups excluding carboxylic acids is 1. The topological polar surface area (TPSA) is 67.8 Å². The molecular formula is C24H28N4O. The fraction of sp³-hybridized carbons (Fsp3) is 0.333. The van der Waals surface area contributed by atoms with Crippen LogP contribution in [0.3, 0.4) is 0 Å². The van der Waals surface area contributed by atoms with E-state index in [1.165, 1.54) is 5.56 Å². The van der Waals surface area contributed by atoms with Gasteiger partial charge in [0.25, 0.3) is 5.91 Å². The molecule has 1 amide bonds. The third kappa shape index (κ3) is 5.05. The lowest BCUT2D eigenvalue weighted by Gasteiger charge is -2.21. The number of rotatable bonds is 4. The molecule has 150 valence electrons. The first-order chi connectivity index (χ1) is 13.6. The van der Waals surface area contributed by atoms with Gasteiger partial charge in [-0.3, -0.25) is 4.79 Å². The Hall–Kier alpha value is -3.08. The number of nitrogens with one attached hydrogen (secondary N) is 1. The van der Waals surface area contributed by atoms with E-state index in [9.17, 15) is 4.79 Å². The van der Waals surface area contributed by atoms with Gasteiger partial charge in [0.1, 0.15) is 6.33 Å². The molecule has 0 fully saturated rings. The van der Waals surface area contributed by atoms with Crippen LogP contribution in [0, 0.1) is 6.92 Å². The first kappa shape index (κ1) is 20.6. The minimum Gasteiger partial charge on any atom is -0.347 e. The van der Waals surface area contributed by atoms with Gasteiger partial charge in [-0.15, -0.1) is 0 Å². The Kier molecular flexibility index (Phi) is 5.78. The Morgan fingerprint density at radius 2 is 1.69 bits per heavy atom. The van der Waals surface area contributed by atoms with Gasteiger partial charge < -0.3 is 5.32 Å². The van der Waals surface area contributed by atoms with Gasteiger partial charge in [0, 0.05) is 28.4 Å². The predicted molar refractivity (Wildman–Crippen MR) is 117 cm³/mol. The van der Waals surface area contributed by atoms with E-state index in [0.717, 1.165) is 22.5 Å². The Morgan fingerprint density at radius 1 is 1.03 bits per heavy atom. The molecule has 5 nitrogen and oxygen atoms in total. The van der Waals surface area contributed by atoms with Gasteiger partial charge in [-0.2, -0.15) is 0 Å². The van der Waals surface area contributed by atoms with E-state index in [1.54, 1.807) is 12.5 Å². The molecule has 29 heavy (non-hydrogen) atoms. The molecule has 0 spiro atoms. The average molecular weight is 389 g/mol. The SMILES string of the molecule is Cc1ccc(-c2cc(C(=O)NC(C)(C)C)cc(-c3cncnc3C(C)C)n2)cc1. The summed E-state index contributed by atoms with van der Waals surface area (Å²) < 4.78 is 0. The molecule has 0 aliphatic rings. The van der Waals surface area contributed by atoms with Crippen molar-refractivity contribution < 1.29 is 4.79 Å². The highest BCUT2D eigenvalue weighted by Gasteiger charge is 2.19. The summed E-state index contributed by atoms with van der Waals surface area (Å²) in [6.45, 7) is 12.1. The van der Waals surface area contributed by atoms with E-state index in [2.05, 4.69) is 29.1 Å². The number of amides is 1. The lowest BCUT2D eigenvalue weighted by Crippen LogP contribution is -2.40. The van der Waals surface area contributed by atoms with Gasteiger partial charge in [0.15, 0.2) is 0 Å². The molecule has 3 rings (SSSR count). The maximum atomic E-state index is 12.9. The van der Waals surface area contributed by atoms with Crippen LogP contribution in [0.4, 0.5) is 0 Å². The van der Waals surface area contributed by atoms with Crippen molar-refractivity contribution in [1.29, 1.82) is 0 Å². The molecule has 0 atom stereocenters. The van der Waals surface area contributed by atoms with Crippen LogP contribution in [0.25, 0.3) is 22.5 Å². The number of nitrogens with zero attached hydrogens (tertiary/aromatic N) is 3. The van der Waals surface area contributed by atoms with Crippen molar-refractivity contribution in [3.05, 3.63) is 65.7 Å². The molecule has 2 heterocycles. The summed E-state index contributed by atoms with van der Waals surface area (Å²) in [7, 11) is 0. The summed E-state index contributed by atoms with van der Waals surface area (Å²) in [5.74, 6) is 0.0853. The largest absolute Gasteiger partial charge is 0.347 e. The fourth-order valence-corrected chi connectivity index (χ4v) is 3.08. The van der Waals surface area contributed by atoms with Crippen LogP contribution in [0.2, 0.25) is 0 Å². The van der Waals surface area contributed by atoms with Gasteiger partial charge in [0.2, 0.25) is 0 Å². The lowest BCUT2D eigenvalue weighted by atomic mass is 9.99. The molecule has 5 heteroatoms. The van der Waals surface area contributed by atoms with Crippen LogP contribution < -0.4 is 5.32 Å². The minimum absolute atomic E-state index is 0.127. The van der Waals surface area contributed by atoms with Crippen LogP contribution in [0.1, 0.15) is 62.2 Å². The molecule has 0 aliphatic heterocycles. The highest BCUT2D eigenvalue weighted by atomic mass is 16.1. The van der Waals surface area contributed by atoms with E-state index in [-0.39, 0.29) is 17.4 Å². The van der Waals surface area contributed by atoms with Crippen molar-refractivity contribution in [2.24, 2.45) is 0 Å². The van der Waals surface area contributed by atoms with Crippen molar-refractivity contribution >= 4 is 5.91 Å². The second kappa shape index (κ2) is 8.11. The zero-order valence-electron chi connectivity index (χ0n) is 17.9. The van der Waals surface area contributed by atoms with Crippen molar-refractivity contribution in [3.8, 4) is 22.5 Å². The smallest absolute Gasteiger partial charge is 0.251 e. The third-order valence-electron chi connectivity index (χ3n) is 4.49. The fourth-order valence-electron chi connectivity index (χ4n) is 3.08. The average Bonchev–Trinajstić information content (AvgIpc) is 2.67. The normalized spacial score (nSPS) is 11.6. The molecule has 1 N–H and O–H groups in total. The summed E-state index contributed by atoms with van der Waals surface area (Å²) in [6, 6.07) is 11.8. The maximum Gasteiger partial charge on any atom is 0.251 e. The van der Waals surface area contributed by atoms with Crippen LogP contribution in [0.15, 0.2) is 48.9 Å². The molecule has 0 saturated heterocycles. The maximum absolute atomic E-state index is 12.9. The Bertz CT molecular complexity index is 1020. The van der Waals surface area contributed by atoms with Gasteiger partial charge in [-0.25, -0.2) is 15.0 Å². The van der Waals surface area contributed by atoms with Crippen molar-refractivity contribution in [2.45, 2.75) is 53.0 Å². The van der Waals surface area contributed by atoms with E-state index in [1.807, 2.05) is 64.1 Å². The summed E-state index contributed by atoms with van der Waals surface area (Å²) in [5.41, 5.74) is 5.59. The summed E-state index contributed by atoms with van der Waals surface area (Å²) in [4.78, 5) is 26.4. The number of carbonyl (C=O) groups is 1. The first-order valence-corrected chi connectivity index (χ1v) is 9.86. The lowest BCUT2D eigenvalue weighted by molar-refractivity contribution is 0.0919. The standard InChI is InChI=1S/C24H28N4O/c1-15(2)22-19(13-25-14-26-22)21-12-18(23(29)28-24(4,5)6)11-20(27-21)17-9-7-16(3)8-10-17/h7-15H,1-6H3,(H,28,29). The molecule has 0 unspecified atom stereocenters. The zero-order valence-corrected chi connectivity index (χ0v) is 17.9. The monoisotopic (exact) mass is 388 g/mol. The van der Waals surface area contributed by atoms with Crippen LogP contribution in [-0.2, 0) is 0 Å². The Labute approximate surface area is 172 Å². The first-order valence-electron chi connectivity index (χ1n) is 9.86. The Balaban J connectivity index is 2.18. The molecule has 2 aromatic heterocycles. The van der Waals surface area contributed by atoms with Crippen molar-refractivity contribution in [3.63, 3.8) is 0 Å². The molecule has 0 radical (unpaired) electrons. The Morgan fingerprint density at radius 3 is 2.31 bits per heavy atom. The van der Waals surface area contributed by atoms with E-state index >= 15 is 0 Å². The summed E-state index contributed by atoms with van der Waals surface area (Å²) in [6.07, 6.45) is 3.32. The number of hydrogen-bond acceptors (Lipinski definition) is 4. The minimum atomic E-state index is -0.330. The number of pyridine rings is 1. The molecule has 0 saturated carbocycles. The molecule has 1 aromatic carbocycles. The van der Waals surface area contributed by atoms with Crippen molar-refractivity contribution in [1.82, 2.24) is 20.3 Å². The zero-order chi connectivity index (χ0) is 21.2. The second-order valence-corrected chi connectivity index (χ2v) is 8.67. The third-order valence-corrected chi connectivity index (χ3v) is 4.49. The number of aromatic nitrogens is 3. The van der Waals surface area contributed by atoms with Crippen LogP contribution >= 0.6 is 0 Å². The van der Waals surface area contributed by atoms with Gasteiger partial charge in [0.05, 0.1) is 17.1 Å². The van der Waals surface area contributed by atoms with E-state index < -0.39 is 0 Å². The van der Waals surface area contributed by atoms with Gasteiger partial charge >= 0.3 is 0 Å². The second-order valence-electron chi connectivity index (χ2n) is 8.67. The highest BCUT2D eigenvalue weighted by molar-refractivity contribution is 5.96.